The number of ether oxygens (including phenoxy) is 3. The van der Waals surface area contributed by atoms with Crippen LogP contribution >= 0.6 is 0 Å². The molecule has 0 N–H and O–H groups in total. The van der Waals surface area contributed by atoms with E-state index in [1.165, 1.54) is 13.8 Å². The summed E-state index contributed by atoms with van der Waals surface area (Å²) in [6.07, 6.45) is -1.59. The van der Waals surface area contributed by atoms with Gasteiger partial charge in [-0.3, -0.25) is 9.59 Å². The van der Waals surface area contributed by atoms with Crippen LogP contribution in [-0.2, 0) is 23.8 Å². The van der Waals surface area contributed by atoms with Gasteiger partial charge < -0.3 is 14.2 Å². The van der Waals surface area contributed by atoms with Gasteiger partial charge in [-0.1, -0.05) is 19.0 Å². The first-order valence-electron chi connectivity index (χ1n) is 6.44. The first-order valence-corrected chi connectivity index (χ1v) is 6.44. The first-order chi connectivity index (χ1) is 9.40. The van der Waals surface area contributed by atoms with Crippen molar-refractivity contribution < 1.29 is 23.8 Å². The van der Waals surface area contributed by atoms with Gasteiger partial charge in [-0.15, -0.1) is 0 Å². The summed E-state index contributed by atoms with van der Waals surface area (Å²) in [6.45, 7) is 6.21. The zero-order valence-corrected chi connectivity index (χ0v) is 12.0. The van der Waals surface area contributed by atoms with Crippen LogP contribution in [-0.4, -0.2) is 36.5 Å². The molecule has 8 nitrogen and oxygen atoms in total. The third-order valence-corrected chi connectivity index (χ3v) is 3.21. The van der Waals surface area contributed by atoms with E-state index in [2.05, 4.69) is 10.0 Å². The van der Waals surface area contributed by atoms with Crippen LogP contribution in [0.3, 0.4) is 0 Å². The number of nitrogens with zero attached hydrogens (tertiary/aromatic N) is 3. The Balaban J connectivity index is 3.07. The van der Waals surface area contributed by atoms with E-state index >= 15 is 0 Å². The molecule has 8 heteroatoms. The molecule has 1 aliphatic rings. The summed E-state index contributed by atoms with van der Waals surface area (Å²) in [7, 11) is 0. The fourth-order valence-corrected chi connectivity index (χ4v) is 2.33. The van der Waals surface area contributed by atoms with Gasteiger partial charge in [-0.25, -0.2) is 0 Å². The van der Waals surface area contributed by atoms with Gasteiger partial charge in [0, 0.05) is 18.8 Å². The van der Waals surface area contributed by atoms with E-state index in [4.69, 9.17) is 19.7 Å². The maximum atomic E-state index is 11.2. The minimum Gasteiger partial charge on any atom is -0.455 e. The summed E-state index contributed by atoms with van der Waals surface area (Å²) in [6, 6.07) is -0.646. The Morgan fingerprint density at radius 3 is 2.35 bits per heavy atom. The van der Waals surface area contributed by atoms with Crippen molar-refractivity contribution in [2.75, 3.05) is 0 Å². The van der Waals surface area contributed by atoms with Crippen molar-refractivity contribution in [1.29, 1.82) is 0 Å². The number of carbonyl (C=O) groups excluding carboxylic acids is 2. The molecular weight excluding hydrogens is 266 g/mol. The first kappa shape index (κ1) is 16.3. The largest absolute Gasteiger partial charge is 0.455 e. The van der Waals surface area contributed by atoms with Gasteiger partial charge in [0.15, 0.2) is 6.10 Å². The smallest absolute Gasteiger partial charge is 0.305 e. The summed E-state index contributed by atoms with van der Waals surface area (Å²) in [5, 5.41) is 3.69. The lowest BCUT2D eigenvalue weighted by Gasteiger charge is -2.42. The maximum Gasteiger partial charge on any atom is 0.305 e. The zero-order chi connectivity index (χ0) is 15.3. The van der Waals surface area contributed by atoms with E-state index in [0.29, 0.717) is 6.42 Å². The molecule has 0 saturated carbocycles. The molecule has 5 atom stereocenters. The molecular formula is C12H19N3O5. The van der Waals surface area contributed by atoms with Crippen molar-refractivity contribution in [3.05, 3.63) is 10.4 Å². The Labute approximate surface area is 117 Å². The monoisotopic (exact) mass is 285 g/mol. The molecule has 1 unspecified atom stereocenters. The fraction of sp³-hybridized carbons (Fsp3) is 0.833. The van der Waals surface area contributed by atoms with Gasteiger partial charge in [0.05, 0.1) is 12.1 Å². The highest BCUT2D eigenvalue weighted by Gasteiger charge is 2.46. The highest BCUT2D eigenvalue weighted by Crippen LogP contribution is 2.32. The number of carbonyl (C=O) groups is 2. The topological polar surface area (TPSA) is 111 Å². The predicted molar refractivity (Wildman–Crippen MR) is 68.4 cm³/mol. The summed E-state index contributed by atoms with van der Waals surface area (Å²) >= 11 is 0. The highest BCUT2D eigenvalue weighted by atomic mass is 16.7. The van der Waals surface area contributed by atoms with Crippen LogP contribution in [0.15, 0.2) is 5.11 Å². The van der Waals surface area contributed by atoms with Crippen LogP contribution in [0, 0.1) is 5.92 Å². The molecule has 1 heterocycles. The summed E-state index contributed by atoms with van der Waals surface area (Å²) in [5.74, 6) is -1.28. The van der Waals surface area contributed by atoms with E-state index in [-0.39, 0.29) is 12.0 Å². The third-order valence-electron chi connectivity index (χ3n) is 3.21. The molecule has 1 rings (SSSR count). The summed E-state index contributed by atoms with van der Waals surface area (Å²) in [5.41, 5.74) is 8.68. The summed E-state index contributed by atoms with van der Waals surface area (Å²) in [4.78, 5) is 25.1. The molecule has 0 spiro atoms. The van der Waals surface area contributed by atoms with Gasteiger partial charge in [0.25, 0.3) is 0 Å². The van der Waals surface area contributed by atoms with Crippen LogP contribution in [0.25, 0.3) is 10.4 Å². The second-order valence-corrected chi connectivity index (χ2v) is 4.69. The van der Waals surface area contributed by atoms with Crippen molar-refractivity contribution >= 4 is 11.9 Å². The lowest BCUT2D eigenvalue weighted by molar-refractivity contribution is -0.256. The van der Waals surface area contributed by atoms with E-state index < -0.39 is 30.4 Å². The second-order valence-electron chi connectivity index (χ2n) is 4.69. The van der Waals surface area contributed by atoms with E-state index in [0.717, 1.165) is 0 Å². The van der Waals surface area contributed by atoms with E-state index in [1.807, 2.05) is 13.8 Å². The molecule has 20 heavy (non-hydrogen) atoms. The van der Waals surface area contributed by atoms with E-state index in [1.54, 1.807) is 0 Å². The molecule has 112 valence electrons. The summed E-state index contributed by atoms with van der Waals surface area (Å²) < 4.78 is 15.8. The van der Waals surface area contributed by atoms with Crippen molar-refractivity contribution in [2.24, 2.45) is 11.0 Å². The van der Waals surface area contributed by atoms with Crippen molar-refractivity contribution in [3.63, 3.8) is 0 Å². The molecule has 1 saturated heterocycles. The van der Waals surface area contributed by atoms with Crippen LogP contribution in [0.2, 0.25) is 0 Å². The van der Waals surface area contributed by atoms with Gasteiger partial charge in [0.2, 0.25) is 6.29 Å². The molecule has 1 aliphatic heterocycles. The van der Waals surface area contributed by atoms with Gasteiger partial charge in [0.1, 0.15) is 0 Å². The van der Waals surface area contributed by atoms with Gasteiger partial charge in [-0.2, -0.15) is 0 Å². The average molecular weight is 285 g/mol. The Bertz CT molecular complexity index is 421. The Kier molecular flexibility index (Phi) is 5.79. The Morgan fingerprint density at radius 1 is 1.30 bits per heavy atom. The molecule has 0 amide bonds. The maximum absolute atomic E-state index is 11.2. The minimum absolute atomic E-state index is 0.160. The number of azide groups is 1. The number of esters is 2. The van der Waals surface area contributed by atoms with Crippen LogP contribution in [0.1, 0.15) is 34.1 Å². The Hall–Kier alpha value is -1.79. The van der Waals surface area contributed by atoms with E-state index in [9.17, 15) is 9.59 Å². The fourth-order valence-electron chi connectivity index (χ4n) is 2.33. The Morgan fingerprint density at radius 2 is 1.90 bits per heavy atom. The molecule has 0 aliphatic carbocycles. The molecule has 0 aromatic rings. The standard InChI is InChI=1S/C12H19N3O5/c1-5-9-6(2)10(14-15-13)11(18-7(3)16)12(20-9)19-8(4)17/h6,9-12H,5H2,1-4H3/t6-,9+,10-,11+,12?/m0/s1. The number of hydrogen-bond donors (Lipinski definition) is 0. The molecule has 0 aromatic heterocycles. The lowest BCUT2D eigenvalue weighted by atomic mass is 9.87. The molecule has 1 fully saturated rings. The van der Waals surface area contributed by atoms with Crippen molar-refractivity contribution in [1.82, 2.24) is 0 Å². The van der Waals surface area contributed by atoms with Crippen LogP contribution in [0.5, 0.6) is 0 Å². The SMILES string of the molecule is CC[C@H]1OC(OC(C)=O)[C@H](OC(C)=O)[C@@H](N=[N+]=[N-])[C@H]1C. The van der Waals surface area contributed by atoms with Crippen molar-refractivity contribution in [2.45, 2.75) is 58.7 Å². The normalized spacial score (nSPS) is 32.9. The third kappa shape index (κ3) is 3.85. The molecule has 0 radical (unpaired) electrons. The van der Waals surface area contributed by atoms with Crippen LogP contribution in [0.4, 0.5) is 0 Å². The quantitative estimate of drug-likeness (QED) is 0.339. The number of rotatable bonds is 4. The minimum atomic E-state index is -1.06. The molecule has 0 aromatic carbocycles. The van der Waals surface area contributed by atoms with Gasteiger partial charge >= 0.3 is 11.9 Å². The highest BCUT2D eigenvalue weighted by molar-refractivity contribution is 5.67. The average Bonchev–Trinajstić information content (AvgIpc) is 2.35. The second kappa shape index (κ2) is 7.12. The van der Waals surface area contributed by atoms with Crippen LogP contribution < -0.4 is 0 Å². The predicted octanol–water partition coefficient (Wildman–Crippen LogP) is 1.93. The lowest BCUT2D eigenvalue weighted by Crippen LogP contribution is -2.55. The number of hydrogen-bond acceptors (Lipinski definition) is 6. The molecule has 0 bridgehead atoms. The van der Waals surface area contributed by atoms with Gasteiger partial charge in [-0.05, 0) is 17.9 Å². The zero-order valence-electron chi connectivity index (χ0n) is 12.0. The van der Waals surface area contributed by atoms with Crippen molar-refractivity contribution in [3.8, 4) is 0 Å².